The first-order valence-electron chi connectivity index (χ1n) is 10.9. The van der Waals surface area contributed by atoms with Crippen molar-refractivity contribution in [2.45, 2.75) is 38.7 Å². The number of esters is 2. The number of halogens is 1. The lowest BCUT2D eigenvalue weighted by atomic mass is 10.1. The van der Waals surface area contributed by atoms with E-state index >= 15 is 0 Å². The predicted molar refractivity (Wildman–Crippen MR) is 134 cm³/mol. The Morgan fingerprint density at radius 3 is 2.17 bits per heavy atom. The minimum atomic E-state index is -0.827. The third kappa shape index (κ3) is 5.88. The Labute approximate surface area is 214 Å². The van der Waals surface area contributed by atoms with E-state index in [4.69, 9.17) is 14.2 Å². The zero-order valence-corrected chi connectivity index (χ0v) is 21.2. The molecule has 0 saturated carbocycles. The van der Waals surface area contributed by atoms with Gasteiger partial charge in [-0.25, -0.2) is 14.4 Å². The highest BCUT2D eigenvalue weighted by atomic mass is 127. The lowest BCUT2D eigenvalue weighted by Gasteiger charge is -2.19. The smallest absolute Gasteiger partial charge is 0.338 e. The highest BCUT2D eigenvalue weighted by molar-refractivity contribution is 14.1. The Morgan fingerprint density at radius 2 is 1.57 bits per heavy atom. The molecular weight excluding hydrogens is 567 g/mol. The van der Waals surface area contributed by atoms with E-state index in [0.29, 0.717) is 14.7 Å². The maximum Gasteiger partial charge on any atom is 0.338 e. The van der Waals surface area contributed by atoms with Gasteiger partial charge in [-0.15, -0.1) is 0 Å². The largest absolute Gasteiger partial charge is 0.459 e. The Bertz CT molecular complexity index is 1350. The van der Waals surface area contributed by atoms with Gasteiger partial charge in [-0.2, -0.15) is 0 Å². The average Bonchev–Trinajstić information content (AvgIpc) is 3.22. The molecular formula is C25H23IN2O7. The molecule has 1 N–H and O–H groups in total. The number of hydrogen-bond donors (Lipinski definition) is 1. The number of aryl methyl sites for hydroxylation is 2. The van der Waals surface area contributed by atoms with Gasteiger partial charge in [0.1, 0.15) is 25.0 Å². The van der Waals surface area contributed by atoms with E-state index in [9.17, 15) is 19.2 Å². The Balaban J connectivity index is 1.53. The zero-order chi connectivity index (χ0) is 25.1. The van der Waals surface area contributed by atoms with Gasteiger partial charge in [0.15, 0.2) is 0 Å². The summed E-state index contributed by atoms with van der Waals surface area (Å²) in [7, 11) is 0. The molecule has 0 amide bonds. The van der Waals surface area contributed by atoms with Crippen LogP contribution in [0.1, 0.15) is 44.5 Å². The molecule has 1 aromatic heterocycles. The molecule has 9 nitrogen and oxygen atoms in total. The molecule has 1 saturated heterocycles. The van der Waals surface area contributed by atoms with Crippen molar-refractivity contribution in [1.82, 2.24) is 9.55 Å². The summed E-state index contributed by atoms with van der Waals surface area (Å²) in [6, 6.07) is 13.8. The van der Waals surface area contributed by atoms with Crippen LogP contribution in [0.4, 0.5) is 0 Å². The van der Waals surface area contributed by atoms with Gasteiger partial charge in [-0.1, -0.05) is 35.4 Å². The summed E-state index contributed by atoms with van der Waals surface area (Å²) in [6.07, 6.45) is -0.929. The summed E-state index contributed by atoms with van der Waals surface area (Å²) in [5.74, 6) is -1.10. The molecule has 182 valence electrons. The van der Waals surface area contributed by atoms with Crippen molar-refractivity contribution in [3.05, 3.63) is 101 Å². The van der Waals surface area contributed by atoms with E-state index in [1.165, 1.54) is 10.8 Å². The summed E-state index contributed by atoms with van der Waals surface area (Å²) in [6.45, 7) is 3.63. The molecule has 0 spiro atoms. The highest BCUT2D eigenvalue weighted by Gasteiger charge is 2.40. The number of carbonyl (C=O) groups excluding carboxylic acids is 2. The van der Waals surface area contributed by atoms with E-state index in [1.54, 1.807) is 48.5 Å². The standard InChI is InChI=1S/C25H23IN2O7/c1-14-3-7-16(8-4-14)23(30)33-13-20-19(35-24(31)17-9-5-15(2)6-10-17)11-21(34-20)28-12-18(26)22(29)27-25(28)32/h3-10,12,19-21H,11,13H2,1-2H3,(H,27,29,32)/t19-,20+,21+/m1/s1. The van der Waals surface area contributed by atoms with Crippen LogP contribution in [0.15, 0.2) is 64.3 Å². The fourth-order valence-corrected chi connectivity index (χ4v) is 4.08. The number of nitrogens with zero attached hydrogens (tertiary/aromatic N) is 1. The molecule has 35 heavy (non-hydrogen) atoms. The number of carbonyl (C=O) groups is 2. The lowest BCUT2D eigenvalue weighted by Crippen LogP contribution is -2.34. The van der Waals surface area contributed by atoms with Crippen LogP contribution in [0.25, 0.3) is 0 Å². The van der Waals surface area contributed by atoms with E-state index in [-0.39, 0.29) is 13.0 Å². The lowest BCUT2D eigenvalue weighted by molar-refractivity contribution is -0.0583. The number of benzene rings is 2. The van der Waals surface area contributed by atoms with Crippen molar-refractivity contribution < 1.29 is 23.8 Å². The van der Waals surface area contributed by atoms with E-state index in [2.05, 4.69) is 4.98 Å². The van der Waals surface area contributed by atoms with Crippen molar-refractivity contribution >= 4 is 34.5 Å². The maximum absolute atomic E-state index is 12.8. The zero-order valence-electron chi connectivity index (χ0n) is 19.0. The van der Waals surface area contributed by atoms with Gasteiger partial charge in [0.05, 0.1) is 14.7 Å². The topological polar surface area (TPSA) is 117 Å². The van der Waals surface area contributed by atoms with Crippen LogP contribution >= 0.6 is 22.6 Å². The molecule has 10 heteroatoms. The predicted octanol–water partition coefficient (Wildman–Crippen LogP) is 3.13. The number of H-pyrrole nitrogens is 1. The first-order chi connectivity index (χ1) is 16.7. The van der Waals surface area contributed by atoms with Gasteiger partial charge in [0.2, 0.25) is 0 Å². The second-order valence-electron chi connectivity index (χ2n) is 8.28. The van der Waals surface area contributed by atoms with Crippen molar-refractivity contribution in [2.75, 3.05) is 6.61 Å². The molecule has 0 bridgehead atoms. The Morgan fingerprint density at radius 1 is 1.00 bits per heavy atom. The van der Waals surface area contributed by atoms with E-state index in [0.717, 1.165) is 11.1 Å². The van der Waals surface area contributed by atoms with Crippen molar-refractivity contribution in [3.63, 3.8) is 0 Å². The van der Waals surface area contributed by atoms with Gasteiger partial charge < -0.3 is 14.2 Å². The van der Waals surface area contributed by atoms with Crippen LogP contribution in [0.5, 0.6) is 0 Å². The normalized spacial score (nSPS) is 19.3. The van der Waals surface area contributed by atoms with E-state index in [1.807, 2.05) is 36.4 Å². The molecule has 0 unspecified atom stereocenters. The monoisotopic (exact) mass is 590 g/mol. The second kappa shape index (κ2) is 10.6. The summed E-state index contributed by atoms with van der Waals surface area (Å²) in [5, 5.41) is 0. The number of nitrogens with one attached hydrogen (secondary N) is 1. The van der Waals surface area contributed by atoms with Crippen LogP contribution < -0.4 is 11.2 Å². The van der Waals surface area contributed by atoms with Gasteiger partial charge in [-0.3, -0.25) is 14.3 Å². The van der Waals surface area contributed by atoms with Gasteiger partial charge in [0.25, 0.3) is 5.56 Å². The van der Waals surface area contributed by atoms with Crippen LogP contribution in [0, 0.1) is 17.4 Å². The molecule has 1 aliphatic rings. The first kappa shape index (κ1) is 24.9. The quantitative estimate of drug-likeness (QED) is 0.347. The van der Waals surface area contributed by atoms with Gasteiger partial charge >= 0.3 is 17.6 Å². The number of hydrogen-bond acceptors (Lipinski definition) is 7. The van der Waals surface area contributed by atoms with Gasteiger partial charge in [-0.05, 0) is 60.7 Å². The van der Waals surface area contributed by atoms with Crippen LogP contribution in [0.2, 0.25) is 0 Å². The summed E-state index contributed by atoms with van der Waals surface area (Å²) in [4.78, 5) is 51.6. The number of ether oxygens (including phenoxy) is 3. The van der Waals surface area contributed by atoms with Crippen LogP contribution in [-0.2, 0) is 14.2 Å². The number of aromatic nitrogens is 2. The minimum absolute atomic E-state index is 0.131. The second-order valence-corrected chi connectivity index (χ2v) is 9.44. The van der Waals surface area contributed by atoms with Gasteiger partial charge in [0, 0.05) is 12.6 Å². The Kier molecular flexibility index (Phi) is 7.51. The first-order valence-corrected chi connectivity index (χ1v) is 12.0. The molecule has 2 heterocycles. The molecule has 2 aromatic carbocycles. The van der Waals surface area contributed by atoms with Crippen LogP contribution in [0.3, 0.4) is 0 Å². The van der Waals surface area contributed by atoms with Crippen molar-refractivity contribution in [1.29, 1.82) is 0 Å². The Hall–Kier alpha value is -3.25. The number of rotatable bonds is 6. The summed E-state index contributed by atoms with van der Waals surface area (Å²) < 4.78 is 18.7. The highest BCUT2D eigenvalue weighted by Crippen LogP contribution is 2.31. The van der Waals surface area contributed by atoms with Crippen molar-refractivity contribution in [3.8, 4) is 0 Å². The third-order valence-electron chi connectivity index (χ3n) is 5.63. The molecule has 3 atom stereocenters. The molecule has 3 aromatic rings. The van der Waals surface area contributed by atoms with E-state index < -0.39 is 41.6 Å². The minimum Gasteiger partial charge on any atom is -0.459 e. The summed E-state index contributed by atoms with van der Waals surface area (Å²) in [5.41, 5.74) is 1.60. The molecule has 0 aliphatic carbocycles. The average molecular weight is 590 g/mol. The third-order valence-corrected chi connectivity index (χ3v) is 6.40. The molecule has 1 aliphatic heterocycles. The summed E-state index contributed by atoms with van der Waals surface area (Å²) >= 11 is 1.81. The number of aromatic amines is 1. The molecule has 0 radical (unpaired) electrons. The molecule has 4 rings (SSSR count). The fourth-order valence-electron chi connectivity index (χ4n) is 3.65. The van der Waals surface area contributed by atoms with Crippen molar-refractivity contribution in [2.24, 2.45) is 0 Å². The fraction of sp³-hybridized carbons (Fsp3) is 0.280. The van der Waals surface area contributed by atoms with Crippen LogP contribution in [-0.4, -0.2) is 40.3 Å². The molecule has 1 fully saturated rings. The SMILES string of the molecule is Cc1ccc(C(=O)OC[C@@H]2O[C@H](n3cc(I)c(=O)[nH]c3=O)C[C@H]2OC(=O)c2ccc(C)cc2)cc1. The maximum atomic E-state index is 12.8.